The van der Waals surface area contributed by atoms with Gasteiger partial charge in [0.2, 0.25) is 6.41 Å². The second-order valence-corrected chi connectivity index (χ2v) is 3.81. The van der Waals surface area contributed by atoms with Crippen LogP contribution in [0.4, 0.5) is 0 Å². The Morgan fingerprint density at radius 3 is 2.72 bits per heavy atom. The van der Waals surface area contributed by atoms with Crippen LogP contribution in [0.5, 0.6) is 11.5 Å². The van der Waals surface area contributed by atoms with Crippen LogP contribution in [-0.2, 0) is 9.59 Å². The number of benzene rings is 1. The Bertz CT molecular complexity index is 460. The zero-order chi connectivity index (χ0) is 13.0. The number of rotatable bonds is 4. The van der Waals surface area contributed by atoms with Gasteiger partial charge in [0.1, 0.15) is 0 Å². The molecule has 0 spiro atoms. The van der Waals surface area contributed by atoms with E-state index in [-0.39, 0.29) is 0 Å². The van der Waals surface area contributed by atoms with Gasteiger partial charge < -0.3 is 19.9 Å². The molecule has 1 aliphatic rings. The number of carboxylic acid groups (broad SMARTS) is 1. The number of ether oxygens (including phenoxy) is 2. The van der Waals surface area contributed by atoms with Gasteiger partial charge in [-0.15, -0.1) is 0 Å². The van der Waals surface area contributed by atoms with E-state index in [2.05, 4.69) is 5.32 Å². The lowest BCUT2D eigenvalue weighted by molar-refractivity contribution is -0.140. The number of hydrogen-bond acceptors (Lipinski definition) is 4. The number of hydrogen-bond donors (Lipinski definition) is 2. The van der Waals surface area contributed by atoms with Crippen molar-refractivity contribution in [3.05, 3.63) is 23.8 Å². The number of aliphatic carboxylic acids is 1. The van der Waals surface area contributed by atoms with Crippen LogP contribution in [0.1, 0.15) is 18.0 Å². The highest BCUT2D eigenvalue weighted by Gasteiger charge is 2.21. The molecule has 6 heteroatoms. The molecule has 1 aromatic carbocycles. The number of carbonyl (C=O) groups excluding carboxylic acids is 1. The maximum Gasteiger partial charge on any atom is 0.330 e. The van der Waals surface area contributed by atoms with E-state index >= 15 is 0 Å². The minimum absolute atomic E-state index is 0.363. The summed E-state index contributed by atoms with van der Waals surface area (Å²) in [7, 11) is 0. The maximum absolute atomic E-state index is 11.0. The lowest BCUT2D eigenvalue weighted by Crippen LogP contribution is -2.27. The van der Waals surface area contributed by atoms with E-state index in [1.807, 2.05) is 0 Å². The predicted molar refractivity (Wildman–Crippen MR) is 61.6 cm³/mol. The monoisotopic (exact) mass is 251 g/mol. The Balaban J connectivity index is 2.31. The predicted octanol–water partition coefficient (Wildman–Crippen LogP) is 0.720. The van der Waals surface area contributed by atoms with Crippen molar-refractivity contribution >= 4 is 12.4 Å². The summed E-state index contributed by atoms with van der Waals surface area (Å²) in [5.74, 6) is -0.0352. The maximum atomic E-state index is 11.0. The van der Waals surface area contributed by atoms with E-state index in [0.29, 0.717) is 36.7 Å². The molecule has 0 aliphatic carbocycles. The van der Waals surface area contributed by atoms with Gasteiger partial charge in [-0.2, -0.15) is 0 Å². The van der Waals surface area contributed by atoms with E-state index in [0.717, 1.165) is 6.42 Å². The second-order valence-electron chi connectivity index (χ2n) is 3.81. The molecular weight excluding hydrogens is 238 g/mol. The van der Waals surface area contributed by atoms with Crippen LogP contribution < -0.4 is 14.8 Å². The minimum atomic E-state index is -1.13. The van der Waals surface area contributed by atoms with Crippen molar-refractivity contribution < 1.29 is 24.2 Å². The molecular formula is C12H13NO5. The summed E-state index contributed by atoms with van der Waals surface area (Å²) in [6.45, 7) is 1.09. The van der Waals surface area contributed by atoms with Crippen LogP contribution in [0.2, 0.25) is 0 Å². The molecule has 0 fully saturated rings. The quantitative estimate of drug-likeness (QED) is 0.770. The number of amides is 1. The average molecular weight is 251 g/mol. The van der Waals surface area contributed by atoms with Crippen molar-refractivity contribution in [1.82, 2.24) is 5.32 Å². The Hall–Kier alpha value is -2.24. The summed E-state index contributed by atoms with van der Waals surface area (Å²) in [4.78, 5) is 21.4. The van der Waals surface area contributed by atoms with Gasteiger partial charge in [0.15, 0.2) is 17.5 Å². The zero-order valence-corrected chi connectivity index (χ0v) is 9.59. The summed E-state index contributed by atoms with van der Waals surface area (Å²) >= 11 is 0. The average Bonchev–Trinajstić information content (AvgIpc) is 2.59. The molecule has 1 heterocycles. The Kier molecular flexibility index (Phi) is 3.66. The van der Waals surface area contributed by atoms with Gasteiger partial charge in [-0.1, -0.05) is 6.07 Å². The molecule has 0 aromatic heterocycles. The molecule has 96 valence electrons. The first-order valence-electron chi connectivity index (χ1n) is 5.54. The fraction of sp³-hybridized carbons (Fsp3) is 0.333. The fourth-order valence-corrected chi connectivity index (χ4v) is 1.74. The molecule has 18 heavy (non-hydrogen) atoms. The zero-order valence-electron chi connectivity index (χ0n) is 9.59. The van der Waals surface area contributed by atoms with E-state index in [1.54, 1.807) is 18.2 Å². The van der Waals surface area contributed by atoms with Crippen molar-refractivity contribution in [3.8, 4) is 11.5 Å². The summed E-state index contributed by atoms with van der Waals surface area (Å²) in [5.41, 5.74) is 0.443. The molecule has 1 aliphatic heterocycles. The van der Waals surface area contributed by atoms with Crippen molar-refractivity contribution in [2.24, 2.45) is 0 Å². The van der Waals surface area contributed by atoms with Crippen molar-refractivity contribution in [3.63, 3.8) is 0 Å². The van der Waals surface area contributed by atoms with Crippen LogP contribution in [-0.4, -0.2) is 30.7 Å². The fourth-order valence-electron chi connectivity index (χ4n) is 1.74. The molecule has 2 rings (SSSR count). The molecule has 0 radical (unpaired) electrons. The van der Waals surface area contributed by atoms with Crippen molar-refractivity contribution in [2.75, 3.05) is 13.2 Å². The van der Waals surface area contributed by atoms with Gasteiger partial charge in [0, 0.05) is 6.42 Å². The summed E-state index contributed by atoms with van der Waals surface area (Å²) in [6, 6.07) is 3.75. The lowest BCUT2D eigenvalue weighted by Gasteiger charge is -2.14. The van der Waals surface area contributed by atoms with Gasteiger partial charge in [-0.3, -0.25) is 4.79 Å². The number of carbonyl (C=O) groups is 2. The highest BCUT2D eigenvalue weighted by Crippen LogP contribution is 2.32. The summed E-state index contributed by atoms with van der Waals surface area (Å²) < 4.78 is 10.9. The third kappa shape index (κ3) is 2.53. The first kappa shape index (κ1) is 12.2. The van der Waals surface area contributed by atoms with Crippen LogP contribution in [0, 0.1) is 0 Å². The first-order valence-corrected chi connectivity index (χ1v) is 5.54. The van der Waals surface area contributed by atoms with E-state index < -0.39 is 12.0 Å². The summed E-state index contributed by atoms with van der Waals surface area (Å²) in [5, 5.41) is 11.3. The van der Waals surface area contributed by atoms with Gasteiger partial charge in [0.05, 0.1) is 13.2 Å². The highest BCUT2D eigenvalue weighted by atomic mass is 16.5. The second kappa shape index (κ2) is 5.39. The smallest absolute Gasteiger partial charge is 0.330 e. The van der Waals surface area contributed by atoms with Crippen molar-refractivity contribution in [2.45, 2.75) is 12.5 Å². The third-order valence-electron chi connectivity index (χ3n) is 2.59. The van der Waals surface area contributed by atoms with Crippen LogP contribution in [0.15, 0.2) is 18.2 Å². The normalized spacial score (nSPS) is 15.3. The van der Waals surface area contributed by atoms with E-state index in [9.17, 15) is 9.59 Å². The topological polar surface area (TPSA) is 84.9 Å². The Morgan fingerprint density at radius 1 is 1.33 bits per heavy atom. The molecule has 0 saturated carbocycles. The van der Waals surface area contributed by atoms with Crippen LogP contribution in [0.25, 0.3) is 0 Å². The van der Waals surface area contributed by atoms with Crippen LogP contribution >= 0.6 is 0 Å². The number of nitrogens with one attached hydrogen (secondary N) is 1. The Morgan fingerprint density at radius 2 is 2.06 bits per heavy atom. The van der Waals surface area contributed by atoms with Gasteiger partial charge in [-0.05, 0) is 17.7 Å². The van der Waals surface area contributed by atoms with E-state index in [4.69, 9.17) is 14.6 Å². The Labute approximate surface area is 104 Å². The third-order valence-corrected chi connectivity index (χ3v) is 2.59. The van der Waals surface area contributed by atoms with Gasteiger partial charge >= 0.3 is 5.97 Å². The molecule has 2 N–H and O–H groups in total. The van der Waals surface area contributed by atoms with Crippen molar-refractivity contribution in [1.29, 1.82) is 0 Å². The minimum Gasteiger partial charge on any atom is -0.490 e. The molecule has 6 nitrogen and oxygen atoms in total. The molecule has 1 atom stereocenters. The van der Waals surface area contributed by atoms with Crippen LogP contribution in [0.3, 0.4) is 0 Å². The molecule has 1 amide bonds. The molecule has 0 saturated heterocycles. The molecule has 1 unspecified atom stereocenters. The highest BCUT2D eigenvalue weighted by molar-refractivity contribution is 5.78. The first-order chi connectivity index (χ1) is 8.72. The largest absolute Gasteiger partial charge is 0.490 e. The van der Waals surface area contributed by atoms with E-state index in [1.165, 1.54) is 0 Å². The number of carboxylic acids is 1. The number of fused-ring (bicyclic) bond motifs is 1. The molecule has 0 bridgehead atoms. The SMILES string of the molecule is O=CNC(C(=O)O)c1ccc2c(c1)OCCCO2. The summed E-state index contributed by atoms with van der Waals surface area (Å²) in [6.07, 6.45) is 1.14. The standard InChI is InChI=1S/C12H13NO5/c14-7-13-11(12(15)16)8-2-3-9-10(6-8)18-5-1-4-17-9/h2-3,6-7,11H,1,4-5H2,(H,13,14)(H,15,16). The van der Waals surface area contributed by atoms with Gasteiger partial charge in [-0.25, -0.2) is 4.79 Å². The molecule has 1 aromatic rings. The lowest BCUT2D eigenvalue weighted by atomic mass is 10.1. The van der Waals surface area contributed by atoms with Gasteiger partial charge in [0.25, 0.3) is 0 Å².